The van der Waals surface area contributed by atoms with Gasteiger partial charge in [-0.2, -0.15) is 0 Å². The average molecular weight is 266 g/mol. The van der Waals surface area contributed by atoms with Crippen molar-refractivity contribution in [2.75, 3.05) is 0 Å². The van der Waals surface area contributed by atoms with Crippen LogP contribution in [0.2, 0.25) is 0 Å². The standard InChI is InChI=1S/C16H10O4/c1-8(17)9-2-4-11-12-5-3-10(16(19)20)7-14(12)15(18)13(11)6-9/h2-7H,1H3,(H,19,20). The summed E-state index contributed by atoms with van der Waals surface area (Å²) in [6.45, 7) is 1.44. The molecule has 3 rings (SSSR count). The molecular weight excluding hydrogens is 256 g/mol. The lowest BCUT2D eigenvalue weighted by Gasteiger charge is -2.01. The van der Waals surface area contributed by atoms with Crippen molar-refractivity contribution in [3.05, 3.63) is 58.7 Å². The number of Topliss-reactive ketones (excluding diaryl/α,β-unsaturated/α-hetero) is 1. The Bertz CT molecular complexity index is 722. The van der Waals surface area contributed by atoms with Crippen LogP contribution in [0.3, 0.4) is 0 Å². The summed E-state index contributed by atoms with van der Waals surface area (Å²) in [7, 11) is 0. The molecule has 0 spiro atoms. The third kappa shape index (κ3) is 1.66. The first-order valence-corrected chi connectivity index (χ1v) is 6.06. The first-order valence-electron chi connectivity index (χ1n) is 6.06. The van der Waals surface area contributed by atoms with Crippen LogP contribution >= 0.6 is 0 Å². The number of hydrogen-bond donors (Lipinski definition) is 1. The van der Waals surface area contributed by atoms with E-state index in [1.165, 1.54) is 19.1 Å². The highest BCUT2D eigenvalue weighted by Crippen LogP contribution is 2.37. The fourth-order valence-electron chi connectivity index (χ4n) is 2.43. The van der Waals surface area contributed by atoms with Gasteiger partial charge < -0.3 is 5.11 Å². The summed E-state index contributed by atoms with van der Waals surface area (Å²) in [6.07, 6.45) is 0. The van der Waals surface area contributed by atoms with Crippen molar-refractivity contribution in [2.45, 2.75) is 6.92 Å². The molecule has 0 heterocycles. The highest BCUT2D eigenvalue weighted by atomic mass is 16.4. The zero-order chi connectivity index (χ0) is 14.4. The summed E-state index contributed by atoms with van der Waals surface area (Å²) in [5.74, 6) is -1.41. The van der Waals surface area contributed by atoms with E-state index in [0.717, 1.165) is 5.56 Å². The van der Waals surface area contributed by atoms with Crippen LogP contribution in [0, 0.1) is 0 Å². The van der Waals surface area contributed by atoms with E-state index < -0.39 is 5.97 Å². The topological polar surface area (TPSA) is 71.4 Å². The maximum Gasteiger partial charge on any atom is 0.335 e. The minimum absolute atomic E-state index is 0.0803. The van der Waals surface area contributed by atoms with Crippen LogP contribution in [-0.4, -0.2) is 22.6 Å². The Morgan fingerprint density at radius 2 is 1.35 bits per heavy atom. The van der Waals surface area contributed by atoms with Crippen LogP contribution in [0.15, 0.2) is 36.4 Å². The van der Waals surface area contributed by atoms with Crippen LogP contribution in [0.25, 0.3) is 11.1 Å². The van der Waals surface area contributed by atoms with Crippen LogP contribution in [-0.2, 0) is 0 Å². The van der Waals surface area contributed by atoms with Crippen LogP contribution in [0.4, 0.5) is 0 Å². The molecule has 4 nitrogen and oxygen atoms in total. The van der Waals surface area contributed by atoms with Gasteiger partial charge in [-0.3, -0.25) is 9.59 Å². The molecule has 0 bridgehead atoms. The van der Waals surface area contributed by atoms with Gasteiger partial charge in [-0.25, -0.2) is 4.79 Å². The molecule has 0 atom stereocenters. The first-order chi connectivity index (χ1) is 9.49. The van der Waals surface area contributed by atoms with Gasteiger partial charge in [-0.1, -0.05) is 18.2 Å². The van der Waals surface area contributed by atoms with Gasteiger partial charge in [0, 0.05) is 16.7 Å². The van der Waals surface area contributed by atoms with Crippen molar-refractivity contribution in [1.82, 2.24) is 0 Å². The van der Waals surface area contributed by atoms with Gasteiger partial charge in [0.1, 0.15) is 0 Å². The molecule has 0 unspecified atom stereocenters. The minimum atomic E-state index is -1.07. The summed E-state index contributed by atoms with van der Waals surface area (Å²) in [6, 6.07) is 9.47. The van der Waals surface area contributed by atoms with Gasteiger partial charge in [0.2, 0.25) is 0 Å². The van der Waals surface area contributed by atoms with Gasteiger partial charge >= 0.3 is 5.97 Å². The number of carbonyl (C=O) groups excluding carboxylic acids is 2. The lowest BCUT2D eigenvalue weighted by atomic mass is 10.0. The van der Waals surface area contributed by atoms with E-state index in [1.807, 2.05) is 0 Å². The Morgan fingerprint density at radius 3 is 1.85 bits per heavy atom. The van der Waals surface area contributed by atoms with Crippen molar-refractivity contribution in [1.29, 1.82) is 0 Å². The highest BCUT2D eigenvalue weighted by molar-refractivity contribution is 6.22. The monoisotopic (exact) mass is 266 g/mol. The third-order valence-electron chi connectivity index (χ3n) is 3.47. The molecule has 0 amide bonds. The number of ketones is 2. The lowest BCUT2D eigenvalue weighted by molar-refractivity contribution is 0.0696. The van der Waals surface area contributed by atoms with Gasteiger partial charge in [-0.05, 0) is 36.2 Å². The van der Waals surface area contributed by atoms with Gasteiger partial charge in [0.05, 0.1) is 5.56 Å². The Balaban J connectivity index is 2.21. The normalized spacial score (nSPS) is 11.9. The smallest absolute Gasteiger partial charge is 0.335 e. The molecule has 20 heavy (non-hydrogen) atoms. The fourth-order valence-corrected chi connectivity index (χ4v) is 2.43. The highest BCUT2D eigenvalue weighted by Gasteiger charge is 2.28. The van der Waals surface area contributed by atoms with Crippen LogP contribution < -0.4 is 0 Å². The number of fused-ring (bicyclic) bond motifs is 3. The van der Waals surface area contributed by atoms with Crippen molar-refractivity contribution in [3.8, 4) is 11.1 Å². The molecule has 1 aliphatic carbocycles. The Morgan fingerprint density at radius 1 is 0.850 bits per heavy atom. The molecule has 0 aromatic heterocycles. The van der Waals surface area contributed by atoms with Crippen LogP contribution in [0.1, 0.15) is 43.6 Å². The van der Waals surface area contributed by atoms with E-state index in [1.54, 1.807) is 24.3 Å². The number of rotatable bonds is 2. The number of carboxylic acids is 1. The number of benzene rings is 2. The number of carboxylic acid groups (broad SMARTS) is 1. The van der Waals surface area contributed by atoms with Crippen molar-refractivity contribution >= 4 is 17.5 Å². The number of carbonyl (C=O) groups is 3. The van der Waals surface area contributed by atoms with E-state index in [4.69, 9.17) is 5.11 Å². The van der Waals surface area contributed by atoms with Crippen LogP contribution in [0.5, 0.6) is 0 Å². The Kier molecular flexibility index (Phi) is 2.54. The molecular formula is C16H10O4. The molecule has 98 valence electrons. The fraction of sp³-hybridized carbons (Fsp3) is 0.0625. The third-order valence-corrected chi connectivity index (χ3v) is 3.47. The quantitative estimate of drug-likeness (QED) is 0.724. The maximum absolute atomic E-state index is 12.3. The predicted octanol–water partition coefficient (Wildman–Crippen LogP) is 2.80. The number of aromatic carboxylic acids is 1. The van der Waals surface area contributed by atoms with E-state index in [-0.39, 0.29) is 17.1 Å². The lowest BCUT2D eigenvalue weighted by Crippen LogP contribution is -2.01. The van der Waals surface area contributed by atoms with E-state index in [9.17, 15) is 14.4 Å². The molecule has 0 fully saturated rings. The molecule has 1 aliphatic rings. The molecule has 0 saturated carbocycles. The van der Waals surface area contributed by atoms with Crippen molar-refractivity contribution in [3.63, 3.8) is 0 Å². The second-order valence-corrected chi connectivity index (χ2v) is 4.71. The number of hydrogen-bond acceptors (Lipinski definition) is 3. The Hall–Kier alpha value is -2.75. The summed E-state index contributed by atoms with van der Waals surface area (Å²) in [5, 5.41) is 8.98. The molecule has 1 N–H and O–H groups in total. The summed E-state index contributed by atoms with van der Waals surface area (Å²) in [4.78, 5) is 34.7. The van der Waals surface area contributed by atoms with E-state index in [2.05, 4.69) is 0 Å². The molecule has 2 aromatic rings. The predicted molar refractivity (Wildman–Crippen MR) is 72.3 cm³/mol. The summed E-state index contributed by atoms with van der Waals surface area (Å²) < 4.78 is 0. The van der Waals surface area contributed by atoms with Gasteiger partial charge in [0.25, 0.3) is 0 Å². The summed E-state index contributed by atoms with van der Waals surface area (Å²) in [5.41, 5.74) is 2.84. The van der Waals surface area contributed by atoms with Crippen molar-refractivity contribution in [2.24, 2.45) is 0 Å². The van der Waals surface area contributed by atoms with Gasteiger partial charge in [0.15, 0.2) is 11.6 Å². The zero-order valence-electron chi connectivity index (χ0n) is 10.6. The second-order valence-electron chi connectivity index (χ2n) is 4.71. The van der Waals surface area contributed by atoms with E-state index >= 15 is 0 Å². The molecule has 0 aliphatic heterocycles. The molecule has 2 aromatic carbocycles. The second kappa shape index (κ2) is 4.13. The largest absolute Gasteiger partial charge is 0.478 e. The van der Waals surface area contributed by atoms with Crippen molar-refractivity contribution < 1.29 is 19.5 Å². The molecule has 4 heteroatoms. The van der Waals surface area contributed by atoms with Gasteiger partial charge in [-0.15, -0.1) is 0 Å². The SMILES string of the molecule is CC(=O)c1ccc2c(c1)C(=O)c1cc(C(=O)O)ccc1-2. The van der Waals surface area contributed by atoms with E-state index in [0.29, 0.717) is 22.3 Å². The zero-order valence-corrected chi connectivity index (χ0v) is 10.6. The first kappa shape index (κ1) is 12.3. The maximum atomic E-state index is 12.3. The molecule has 0 radical (unpaired) electrons. The summed E-state index contributed by atoms with van der Waals surface area (Å²) >= 11 is 0. The molecule has 0 saturated heterocycles. The minimum Gasteiger partial charge on any atom is -0.478 e. The average Bonchev–Trinajstić information content (AvgIpc) is 2.71. The Labute approximate surface area is 114 Å².